The van der Waals surface area contributed by atoms with Crippen molar-refractivity contribution in [2.24, 2.45) is 0 Å². The lowest BCUT2D eigenvalue weighted by molar-refractivity contribution is 0.0900. The van der Waals surface area contributed by atoms with Gasteiger partial charge in [-0.15, -0.1) is 0 Å². The van der Waals surface area contributed by atoms with Crippen LogP contribution in [0, 0.1) is 0 Å². The molecule has 4 nitrogen and oxygen atoms in total. The molecule has 1 N–H and O–H groups in total. The zero-order valence-corrected chi connectivity index (χ0v) is 11.8. The minimum absolute atomic E-state index is 0.00288. The molecule has 0 unspecified atom stereocenters. The first-order valence-corrected chi connectivity index (χ1v) is 7.52. The largest absolute Gasteiger partial charge is 0.378 e. The Balaban J connectivity index is 1.62. The molecule has 108 valence electrons. The van der Waals surface area contributed by atoms with Crippen molar-refractivity contribution in [2.75, 3.05) is 26.3 Å². The second-order valence-electron chi connectivity index (χ2n) is 5.65. The Morgan fingerprint density at radius 2 is 1.85 bits per heavy atom. The number of carbonyl (C=O) groups excluding carboxylic acids is 1. The highest BCUT2D eigenvalue weighted by Gasteiger charge is 2.34. The number of benzene rings is 1. The van der Waals surface area contributed by atoms with Crippen molar-refractivity contribution in [3.8, 4) is 0 Å². The summed E-state index contributed by atoms with van der Waals surface area (Å²) in [4.78, 5) is 14.7. The highest BCUT2D eigenvalue weighted by atomic mass is 16.5. The minimum atomic E-state index is 0.00288. The fourth-order valence-corrected chi connectivity index (χ4v) is 3.13. The van der Waals surface area contributed by atoms with Crippen molar-refractivity contribution < 1.29 is 9.53 Å². The Kier molecular flexibility index (Phi) is 4.33. The summed E-state index contributed by atoms with van der Waals surface area (Å²) in [7, 11) is 0. The number of amides is 1. The molecule has 2 atom stereocenters. The summed E-state index contributed by atoms with van der Waals surface area (Å²) in [5.41, 5.74) is 0.719. The molecule has 1 amide bonds. The quantitative estimate of drug-likeness (QED) is 0.911. The van der Waals surface area contributed by atoms with Crippen molar-refractivity contribution in [2.45, 2.75) is 31.3 Å². The average Bonchev–Trinajstić information content (AvgIpc) is 2.97. The molecule has 2 aliphatic heterocycles. The highest BCUT2D eigenvalue weighted by Crippen LogP contribution is 2.19. The van der Waals surface area contributed by atoms with Gasteiger partial charge in [0.1, 0.15) is 0 Å². The van der Waals surface area contributed by atoms with Crippen LogP contribution in [0.25, 0.3) is 0 Å². The first-order valence-electron chi connectivity index (χ1n) is 7.52. The number of ether oxygens (including phenoxy) is 1. The maximum Gasteiger partial charge on any atom is 0.251 e. The maximum atomic E-state index is 12.2. The van der Waals surface area contributed by atoms with Crippen molar-refractivity contribution >= 4 is 5.91 Å². The summed E-state index contributed by atoms with van der Waals surface area (Å²) < 4.78 is 5.60. The molecule has 4 heteroatoms. The van der Waals surface area contributed by atoms with Crippen LogP contribution < -0.4 is 5.32 Å². The van der Waals surface area contributed by atoms with E-state index >= 15 is 0 Å². The fraction of sp³-hybridized carbons (Fsp3) is 0.562. The summed E-state index contributed by atoms with van der Waals surface area (Å²) in [5, 5.41) is 3.14. The number of hydrogen-bond donors (Lipinski definition) is 1. The van der Waals surface area contributed by atoms with E-state index in [2.05, 4.69) is 10.2 Å². The van der Waals surface area contributed by atoms with Crippen LogP contribution in [0.3, 0.4) is 0 Å². The fourth-order valence-electron chi connectivity index (χ4n) is 3.13. The predicted octanol–water partition coefficient (Wildman–Crippen LogP) is 1.67. The van der Waals surface area contributed by atoms with E-state index in [1.165, 1.54) is 19.3 Å². The molecule has 1 aromatic rings. The van der Waals surface area contributed by atoms with E-state index in [4.69, 9.17) is 4.74 Å². The van der Waals surface area contributed by atoms with E-state index in [0.29, 0.717) is 12.6 Å². The molecule has 20 heavy (non-hydrogen) atoms. The van der Waals surface area contributed by atoms with E-state index in [-0.39, 0.29) is 11.9 Å². The first kappa shape index (κ1) is 13.6. The van der Waals surface area contributed by atoms with Gasteiger partial charge in [0.15, 0.2) is 0 Å². The van der Waals surface area contributed by atoms with Crippen LogP contribution in [0.4, 0.5) is 0 Å². The van der Waals surface area contributed by atoms with E-state index in [9.17, 15) is 4.79 Å². The first-order chi connectivity index (χ1) is 9.84. The lowest BCUT2D eigenvalue weighted by Crippen LogP contribution is -2.52. The summed E-state index contributed by atoms with van der Waals surface area (Å²) in [5.74, 6) is 0.00288. The third-order valence-corrected chi connectivity index (χ3v) is 4.26. The lowest BCUT2D eigenvalue weighted by atomic mass is 10.0. The number of piperidine rings is 1. The van der Waals surface area contributed by atoms with Crippen molar-refractivity contribution in [3.05, 3.63) is 35.9 Å². The topological polar surface area (TPSA) is 41.6 Å². The molecule has 2 fully saturated rings. The van der Waals surface area contributed by atoms with E-state index < -0.39 is 0 Å². The third-order valence-electron chi connectivity index (χ3n) is 4.26. The third kappa shape index (κ3) is 3.02. The number of hydrogen-bond acceptors (Lipinski definition) is 3. The number of carbonyl (C=O) groups is 1. The van der Waals surface area contributed by atoms with Gasteiger partial charge < -0.3 is 10.1 Å². The van der Waals surface area contributed by atoms with Gasteiger partial charge in [-0.25, -0.2) is 0 Å². The number of likely N-dealkylation sites (tertiary alicyclic amines) is 1. The number of nitrogens with zero attached hydrogens (tertiary/aromatic N) is 1. The van der Waals surface area contributed by atoms with Crippen LogP contribution in [0.1, 0.15) is 29.6 Å². The van der Waals surface area contributed by atoms with Crippen LogP contribution in [0.15, 0.2) is 30.3 Å². The van der Waals surface area contributed by atoms with Crippen LogP contribution in [0.5, 0.6) is 0 Å². The van der Waals surface area contributed by atoms with Gasteiger partial charge >= 0.3 is 0 Å². The molecule has 0 radical (unpaired) electrons. The number of nitrogens with one attached hydrogen (secondary N) is 1. The van der Waals surface area contributed by atoms with Gasteiger partial charge in [-0.2, -0.15) is 0 Å². The average molecular weight is 274 g/mol. The molecular formula is C16H22N2O2. The molecule has 0 saturated carbocycles. The normalized spacial score (nSPS) is 27.4. The number of rotatable bonds is 3. The van der Waals surface area contributed by atoms with Crippen LogP contribution >= 0.6 is 0 Å². The molecule has 1 aromatic carbocycles. The second-order valence-corrected chi connectivity index (χ2v) is 5.65. The lowest BCUT2D eigenvalue weighted by Gasteiger charge is -2.34. The Bertz CT molecular complexity index is 443. The Morgan fingerprint density at radius 3 is 2.60 bits per heavy atom. The Morgan fingerprint density at radius 1 is 1.10 bits per heavy atom. The van der Waals surface area contributed by atoms with Gasteiger partial charge in [0.2, 0.25) is 0 Å². The van der Waals surface area contributed by atoms with Gasteiger partial charge in [0, 0.05) is 5.56 Å². The SMILES string of the molecule is O=C(N[C@H]1COC[C@@H]1N1CCCCC1)c1ccccc1. The van der Waals surface area contributed by atoms with Crippen LogP contribution in [0.2, 0.25) is 0 Å². The Labute approximate surface area is 120 Å². The molecule has 0 aliphatic carbocycles. The summed E-state index contributed by atoms with van der Waals surface area (Å²) in [6.07, 6.45) is 3.84. The van der Waals surface area contributed by atoms with Gasteiger partial charge in [0.25, 0.3) is 5.91 Å². The summed E-state index contributed by atoms with van der Waals surface area (Å²) in [6.45, 7) is 3.62. The zero-order chi connectivity index (χ0) is 13.8. The summed E-state index contributed by atoms with van der Waals surface area (Å²) in [6, 6.07) is 9.85. The summed E-state index contributed by atoms with van der Waals surface area (Å²) >= 11 is 0. The van der Waals surface area contributed by atoms with Crippen LogP contribution in [-0.4, -0.2) is 49.2 Å². The Hall–Kier alpha value is -1.39. The van der Waals surface area contributed by atoms with E-state index in [1.807, 2.05) is 30.3 Å². The van der Waals surface area contributed by atoms with Crippen LogP contribution in [-0.2, 0) is 4.74 Å². The van der Waals surface area contributed by atoms with Crippen molar-refractivity contribution in [1.82, 2.24) is 10.2 Å². The molecule has 2 aliphatic rings. The molecule has 0 spiro atoms. The monoisotopic (exact) mass is 274 g/mol. The van der Waals surface area contributed by atoms with Crippen molar-refractivity contribution in [3.63, 3.8) is 0 Å². The standard InChI is InChI=1S/C16H22N2O2/c19-16(13-7-3-1-4-8-13)17-14-11-20-12-15(14)18-9-5-2-6-10-18/h1,3-4,7-8,14-15H,2,5-6,9-12H2,(H,17,19)/t14-,15-/m0/s1. The molecule has 3 rings (SSSR count). The van der Waals surface area contributed by atoms with Gasteiger partial charge in [-0.05, 0) is 38.1 Å². The molecular weight excluding hydrogens is 252 g/mol. The molecule has 0 aromatic heterocycles. The van der Waals surface area contributed by atoms with Crippen molar-refractivity contribution in [1.29, 1.82) is 0 Å². The maximum absolute atomic E-state index is 12.2. The van der Waals surface area contributed by atoms with Gasteiger partial charge in [0.05, 0.1) is 25.3 Å². The molecule has 2 heterocycles. The van der Waals surface area contributed by atoms with Gasteiger partial charge in [-0.3, -0.25) is 9.69 Å². The smallest absolute Gasteiger partial charge is 0.251 e. The molecule has 2 saturated heterocycles. The predicted molar refractivity (Wildman–Crippen MR) is 77.7 cm³/mol. The van der Waals surface area contributed by atoms with Gasteiger partial charge in [-0.1, -0.05) is 24.6 Å². The molecule has 0 bridgehead atoms. The van der Waals surface area contributed by atoms with E-state index in [0.717, 1.165) is 25.3 Å². The second kappa shape index (κ2) is 6.37. The highest BCUT2D eigenvalue weighted by molar-refractivity contribution is 5.94. The minimum Gasteiger partial charge on any atom is -0.378 e. The zero-order valence-electron chi connectivity index (χ0n) is 11.8. The van der Waals surface area contributed by atoms with E-state index in [1.54, 1.807) is 0 Å².